The molecule has 4 rings (SSSR count). The second-order valence-electron chi connectivity index (χ2n) is 6.21. The van der Waals surface area contributed by atoms with Crippen LogP contribution in [-0.2, 0) is 0 Å². The van der Waals surface area contributed by atoms with Crippen LogP contribution in [0.3, 0.4) is 0 Å². The van der Waals surface area contributed by atoms with Gasteiger partial charge in [-0.25, -0.2) is 0 Å². The fourth-order valence-corrected chi connectivity index (χ4v) is 3.88. The van der Waals surface area contributed by atoms with E-state index in [-0.39, 0.29) is 0 Å². The van der Waals surface area contributed by atoms with Crippen LogP contribution in [0.4, 0.5) is 0 Å². The van der Waals surface area contributed by atoms with E-state index in [1.807, 2.05) is 18.2 Å². The summed E-state index contributed by atoms with van der Waals surface area (Å²) in [5, 5.41) is 0. The Kier molecular flexibility index (Phi) is 3.60. The molecule has 0 N–H and O–H groups in total. The van der Waals surface area contributed by atoms with Crippen LogP contribution in [0.15, 0.2) is 39.9 Å². The van der Waals surface area contributed by atoms with Crippen molar-refractivity contribution in [2.75, 3.05) is 14.2 Å². The van der Waals surface area contributed by atoms with Crippen molar-refractivity contribution in [1.82, 2.24) is 0 Å². The number of aliphatic imine (C=N–C) groups is 1. The average Bonchev–Trinajstić information content (AvgIpc) is 3.14. The highest BCUT2D eigenvalue weighted by Crippen LogP contribution is 2.44. The maximum atomic E-state index is 5.64. The molecule has 1 fully saturated rings. The van der Waals surface area contributed by atoms with Crippen LogP contribution in [0.2, 0.25) is 0 Å². The molecule has 0 amide bonds. The third-order valence-corrected chi connectivity index (χ3v) is 4.99. The van der Waals surface area contributed by atoms with Gasteiger partial charge in [-0.15, -0.1) is 0 Å². The summed E-state index contributed by atoms with van der Waals surface area (Å²) in [5.74, 6) is 2.82. The summed E-state index contributed by atoms with van der Waals surface area (Å²) >= 11 is 0. The molecule has 120 valence electrons. The first-order valence-electron chi connectivity index (χ1n) is 8.19. The molecule has 0 saturated heterocycles. The van der Waals surface area contributed by atoms with Crippen molar-refractivity contribution in [3.05, 3.63) is 47.4 Å². The molecule has 4 heteroatoms. The Bertz CT molecular complexity index is 733. The van der Waals surface area contributed by atoms with E-state index in [1.54, 1.807) is 20.5 Å². The van der Waals surface area contributed by atoms with E-state index >= 15 is 0 Å². The third kappa shape index (κ3) is 2.33. The van der Waals surface area contributed by atoms with Crippen LogP contribution < -0.4 is 9.47 Å². The van der Waals surface area contributed by atoms with Crippen molar-refractivity contribution in [2.24, 2.45) is 4.99 Å². The Morgan fingerprint density at radius 3 is 2.61 bits per heavy atom. The summed E-state index contributed by atoms with van der Waals surface area (Å²) in [6.07, 6.45) is 6.54. The first-order valence-corrected chi connectivity index (χ1v) is 8.19. The van der Waals surface area contributed by atoms with Crippen molar-refractivity contribution >= 4 is 5.71 Å². The van der Waals surface area contributed by atoms with Crippen molar-refractivity contribution in [3.8, 4) is 11.5 Å². The predicted molar refractivity (Wildman–Crippen MR) is 88.9 cm³/mol. The number of benzene rings is 1. The monoisotopic (exact) mass is 311 g/mol. The normalized spacial score (nSPS) is 22.8. The van der Waals surface area contributed by atoms with Gasteiger partial charge in [0, 0.05) is 11.5 Å². The number of ether oxygens (including phenoxy) is 2. The Morgan fingerprint density at radius 1 is 1.09 bits per heavy atom. The number of nitrogens with zero attached hydrogens (tertiary/aromatic N) is 1. The average molecular weight is 311 g/mol. The van der Waals surface area contributed by atoms with E-state index in [0.717, 1.165) is 35.0 Å². The summed E-state index contributed by atoms with van der Waals surface area (Å²) in [4.78, 5) is 5.05. The first kappa shape index (κ1) is 14.4. The lowest BCUT2D eigenvalue weighted by molar-refractivity contribution is 0.349. The highest BCUT2D eigenvalue weighted by molar-refractivity contribution is 6.13. The molecule has 2 aromatic rings. The van der Waals surface area contributed by atoms with Gasteiger partial charge in [0.1, 0.15) is 5.71 Å². The Hall–Kier alpha value is -2.23. The van der Waals surface area contributed by atoms with Gasteiger partial charge in [0.15, 0.2) is 17.3 Å². The van der Waals surface area contributed by atoms with Gasteiger partial charge >= 0.3 is 0 Å². The van der Waals surface area contributed by atoms with Crippen LogP contribution in [0.1, 0.15) is 48.5 Å². The smallest absolute Gasteiger partial charge is 0.161 e. The fraction of sp³-hybridized carbons (Fsp3) is 0.421. The van der Waals surface area contributed by atoms with Crippen molar-refractivity contribution in [1.29, 1.82) is 0 Å². The van der Waals surface area contributed by atoms with Crippen LogP contribution >= 0.6 is 0 Å². The topological polar surface area (TPSA) is 44.0 Å². The summed E-state index contributed by atoms with van der Waals surface area (Å²) in [5.41, 5.74) is 3.36. The van der Waals surface area contributed by atoms with Gasteiger partial charge in [-0.1, -0.05) is 12.8 Å². The van der Waals surface area contributed by atoms with E-state index in [2.05, 4.69) is 6.07 Å². The Balaban J connectivity index is 1.91. The minimum Gasteiger partial charge on any atom is -0.493 e. The molecule has 2 unspecified atom stereocenters. The second-order valence-corrected chi connectivity index (χ2v) is 6.21. The molecule has 1 saturated carbocycles. The molecular formula is C19H21NO3. The Morgan fingerprint density at radius 2 is 1.87 bits per heavy atom. The number of fused-ring (bicyclic) bond motifs is 3. The van der Waals surface area contributed by atoms with Gasteiger partial charge in [0.2, 0.25) is 0 Å². The summed E-state index contributed by atoms with van der Waals surface area (Å²) in [6, 6.07) is 8.40. The molecule has 1 aliphatic heterocycles. The quantitative estimate of drug-likeness (QED) is 0.854. The van der Waals surface area contributed by atoms with Crippen LogP contribution in [0, 0.1) is 0 Å². The molecule has 1 aromatic heterocycles. The number of rotatable bonds is 3. The second kappa shape index (κ2) is 5.76. The van der Waals surface area contributed by atoms with Crippen LogP contribution in [-0.4, -0.2) is 26.0 Å². The number of hydrogen-bond acceptors (Lipinski definition) is 4. The maximum absolute atomic E-state index is 5.64. The molecule has 2 atom stereocenters. The predicted octanol–water partition coefficient (Wildman–Crippen LogP) is 4.17. The number of furan rings is 1. The first-order chi connectivity index (χ1) is 11.3. The highest BCUT2D eigenvalue weighted by atomic mass is 16.5. The zero-order valence-corrected chi connectivity index (χ0v) is 13.5. The van der Waals surface area contributed by atoms with Gasteiger partial charge < -0.3 is 13.9 Å². The van der Waals surface area contributed by atoms with Crippen molar-refractivity contribution in [2.45, 2.75) is 37.6 Å². The van der Waals surface area contributed by atoms with Gasteiger partial charge in [0.25, 0.3) is 0 Å². The van der Waals surface area contributed by atoms with E-state index in [4.69, 9.17) is 18.9 Å². The molecule has 0 radical (unpaired) electrons. The summed E-state index contributed by atoms with van der Waals surface area (Å²) in [6.45, 7) is 0. The lowest BCUT2D eigenvalue weighted by Crippen LogP contribution is -2.29. The molecule has 2 aliphatic rings. The summed E-state index contributed by atoms with van der Waals surface area (Å²) in [7, 11) is 3.35. The lowest BCUT2D eigenvalue weighted by atomic mass is 9.75. The van der Waals surface area contributed by atoms with Gasteiger partial charge in [-0.2, -0.15) is 0 Å². The number of hydrogen-bond donors (Lipinski definition) is 0. The van der Waals surface area contributed by atoms with E-state index in [1.165, 1.54) is 24.8 Å². The maximum Gasteiger partial charge on any atom is 0.161 e. The molecule has 2 heterocycles. The minimum atomic E-state index is 0.342. The van der Waals surface area contributed by atoms with Gasteiger partial charge in [-0.3, -0.25) is 4.99 Å². The molecule has 0 spiro atoms. The lowest BCUT2D eigenvalue weighted by Gasteiger charge is -2.35. The molecule has 23 heavy (non-hydrogen) atoms. The van der Waals surface area contributed by atoms with Crippen molar-refractivity contribution in [3.63, 3.8) is 0 Å². The molecule has 1 aromatic carbocycles. The largest absolute Gasteiger partial charge is 0.493 e. The zero-order valence-electron chi connectivity index (χ0n) is 13.5. The van der Waals surface area contributed by atoms with E-state index < -0.39 is 0 Å². The van der Waals surface area contributed by atoms with Crippen molar-refractivity contribution < 1.29 is 13.9 Å². The third-order valence-electron chi connectivity index (χ3n) is 4.99. The molecule has 0 bridgehead atoms. The fourth-order valence-electron chi connectivity index (χ4n) is 3.88. The van der Waals surface area contributed by atoms with Crippen LogP contribution in [0.5, 0.6) is 11.5 Å². The number of methoxy groups -OCH3 is 2. The molecular weight excluding hydrogens is 290 g/mol. The zero-order chi connectivity index (χ0) is 15.8. The minimum absolute atomic E-state index is 0.342. The highest BCUT2D eigenvalue weighted by Gasteiger charge is 2.35. The Labute approximate surface area is 136 Å². The summed E-state index contributed by atoms with van der Waals surface area (Å²) < 4.78 is 16.6. The van der Waals surface area contributed by atoms with Gasteiger partial charge in [-0.05, 0) is 42.7 Å². The SMILES string of the molecule is COc1cc2c(cc1OC)C1CCCCC1N=C2c1ccco1. The molecule has 1 aliphatic carbocycles. The molecule has 4 nitrogen and oxygen atoms in total. The standard InChI is InChI=1S/C19H21NO3/c1-21-17-10-13-12-6-3-4-7-15(12)20-19(16-8-5-9-23-16)14(13)11-18(17)22-2/h5,8-12,15H,3-4,6-7H2,1-2H3. The van der Waals surface area contributed by atoms with Gasteiger partial charge in [0.05, 0.1) is 26.5 Å². The van der Waals surface area contributed by atoms with E-state index in [9.17, 15) is 0 Å². The van der Waals surface area contributed by atoms with E-state index in [0.29, 0.717) is 12.0 Å². The van der Waals surface area contributed by atoms with Crippen LogP contribution in [0.25, 0.3) is 0 Å².